The zero-order valence-electron chi connectivity index (χ0n) is 21.9. The SMILES string of the molecule is COc1cc(OC)cc(OCC(=O)N(Cc2ccc(Cl)c(Cl)c2)C(Cc2ccccc2)C(=O)NC(C)C)c1. The van der Waals surface area contributed by atoms with E-state index in [0.29, 0.717) is 33.7 Å². The third-order valence-electron chi connectivity index (χ3n) is 5.73. The number of nitrogens with zero attached hydrogens (tertiary/aromatic N) is 1. The summed E-state index contributed by atoms with van der Waals surface area (Å²) in [4.78, 5) is 28.6. The van der Waals surface area contributed by atoms with E-state index in [1.165, 1.54) is 19.1 Å². The van der Waals surface area contributed by atoms with Crippen LogP contribution in [0.1, 0.15) is 25.0 Å². The Bertz CT molecular complexity index is 1210. The molecular formula is C29H32Cl2N2O5. The second-order valence-corrected chi connectivity index (χ2v) is 9.79. The molecule has 2 amide bonds. The molecule has 0 aromatic heterocycles. The van der Waals surface area contributed by atoms with Gasteiger partial charge in [0.15, 0.2) is 6.61 Å². The van der Waals surface area contributed by atoms with E-state index >= 15 is 0 Å². The molecule has 3 rings (SSSR count). The van der Waals surface area contributed by atoms with Gasteiger partial charge in [-0.15, -0.1) is 0 Å². The zero-order valence-corrected chi connectivity index (χ0v) is 23.4. The molecule has 7 nitrogen and oxygen atoms in total. The van der Waals surface area contributed by atoms with Gasteiger partial charge < -0.3 is 24.4 Å². The van der Waals surface area contributed by atoms with Crippen molar-refractivity contribution in [2.75, 3.05) is 20.8 Å². The minimum absolute atomic E-state index is 0.108. The molecule has 0 aliphatic rings. The van der Waals surface area contributed by atoms with Crippen LogP contribution in [0.2, 0.25) is 10.0 Å². The maximum Gasteiger partial charge on any atom is 0.261 e. The molecule has 0 aliphatic heterocycles. The average Bonchev–Trinajstić information content (AvgIpc) is 2.91. The van der Waals surface area contributed by atoms with E-state index in [-0.39, 0.29) is 31.0 Å². The summed E-state index contributed by atoms with van der Waals surface area (Å²) in [5, 5.41) is 3.72. The van der Waals surface area contributed by atoms with E-state index in [0.717, 1.165) is 11.1 Å². The Labute approximate surface area is 233 Å². The van der Waals surface area contributed by atoms with Crippen molar-refractivity contribution in [3.8, 4) is 17.2 Å². The second-order valence-electron chi connectivity index (χ2n) is 8.98. The Morgan fingerprint density at radius 3 is 2.05 bits per heavy atom. The highest BCUT2D eigenvalue weighted by Gasteiger charge is 2.31. The van der Waals surface area contributed by atoms with E-state index in [2.05, 4.69) is 5.32 Å². The lowest BCUT2D eigenvalue weighted by Crippen LogP contribution is -2.52. The predicted molar refractivity (Wildman–Crippen MR) is 149 cm³/mol. The number of halogens is 2. The number of hydrogen-bond donors (Lipinski definition) is 1. The van der Waals surface area contributed by atoms with Gasteiger partial charge in [0.05, 0.1) is 24.3 Å². The van der Waals surface area contributed by atoms with Crippen LogP contribution in [0, 0.1) is 0 Å². The standard InChI is InChI=1S/C29H32Cl2N2O5/c1-19(2)32-29(35)27(13-20-8-6-5-7-9-20)33(17-21-10-11-25(30)26(31)12-21)28(34)18-38-24-15-22(36-3)14-23(16-24)37-4/h5-12,14-16,19,27H,13,17-18H2,1-4H3,(H,32,35). The Kier molecular flexibility index (Phi) is 10.7. The van der Waals surface area contributed by atoms with Crippen LogP contribution in [0.5, 0.6) is 17.2 Å². The molecule has 0 aliphatic carbocycles. The number of rotatable bonds is 12. The predicted octanol–water partition coefficient (Wildman–Crippen LogP) is 5.55. The van der Waals surface area contributed by atoms with Crippen molar-refractivity contribution in [3.05, 3.63) is 87.9 Å². The fourth-order valence-electron chi connectivity index (χ4n) is 3.86. The van der Waals surface area contributed by atoms with Crippen molar-refractivity contribution >= 4 is 35.0 Å². The summed E-state index contributed by atoms with van der Waals surface area (Å²) in [6, 6.07) is 18.8. The Morgan fingerprint density at radius 1 is 0.842 bits per heavy atom. The fraction of sp³-hybridized carbons (Fsp3) is 0.310. The summed E-state index contributed by atoms with van der Waals surface area (Å²) in [5.41, 5.74) is 1.65. The molecular weight excluding hydrogens is 527 g/mol. The van der Waals surface area contributed by atoms with Crippen LogP contribution in [-0.4, -0.2) is 49.6 Å². The molecule has 0 saturated heterocycles. The van der Waals surface area contributed by atoms with Crippen molar-refractivity contribution < 1.29 is 23.8 Å². The van der Waals surface area contributed by atoms with Gasteiger partial charge >= 0.3 is 0 Å². The lowest BCUT2D eigenvalue weighted by atomic mass is 10.0. The van der Waals surface area contributed by atoms with E-state index in [1.807, 2.05) is 44.2 Å². The summed E-state index contributed by atoms with van der Waals surface area (Å²) >= 11 is 12.4. The van der Waals surface area contributed by atoms with Crippen LogP contribution in [0.3, 0.4) is 0 Å². The van der Waals surface area contributed by atoms with Crippen molar-refractivity contribution in [3.63, 3.8) is 0 Å². The smallest absolute Gasteiger partial charge is 0.261 e. The van der Waals surface area contributed by atoms with Crippen LogP contribution in [0.15, 0.2) is 66.7 Å². The van der Waals surface area contributed by atoms with Gasteiger partial charge in [0.2, 0.25) is 5.91 Å². The van der Waals surface area contributed by atoms with Crippen molar-refractivity contribution in [2.24, 2.45) is 0 Å². The lowest BCUT2D eigenvalue weighted by Gasteiger charge is -2.32. The highest BCUT2D eigenvalue weighted by atomic mass is 35.5. The molecule has 0 saturated carbocycles. The number of nitrogens with one attached hydrogen (secondary N) is 1. The van der Waals surface area contributed by atoms with Crippen LogP contribution in [0.25, 0.3) is 0 Å². The van der Waals surface area contributed by atoms with E-state index < -0.39 is 6.04 Å². The van der Waals surface area contributed by atoms with Crippen LogP contribution in [0.4, 0.5) is 0 Å². The molecule has 0 fully saturated rings. The molecule has 1 unspecified atom stereocenters. The van der Waals surface area contributed by atoms with Gasteiger partial charge in [-0.2, -0.15) is 0 Å². The van der Waals surface area contributed by atoms with Gasteiger partial charge in [0.25, 0.3) is 5.91 Å². The second kappa shape index (κ2) is 13.9. The largest absolute Gasteiger partial charge is 0.496 e. The average molecular weight is 559 g/mol. The van der Waals surface area contributed by atoms with Crippen LogP contribution in [-0.2, 0) is 22.6 Å². The van der Waals surface area contributed by atoms with Gasteiger partial charge in [0.1, 0.15) is 23.3 Å². The minimum atomic E-state index is -0.801. The number of carbonyl (C=O) groups is 2. The normalized spacial score (nSPS) is 11.6. The Hall–Kier alpha value is -3.42. The highest BCUT2D eigenvalue weighted by molar-refractivity contribution is 6.42. The first kappa shape index (κ1) is 29.1. The summed E-state index contributed by atoms with van der Waals surface area (Å²) in [7, 11) is 3.06. The first-order chi connectivity index (χ1) is 18.2. The summed E-state index contributed by atoms with van der Waals surface area (Å²) < 4.78 is 16.4. The first-order valence-corrected chi connectivity index (χ1v) is 12.9. The highest BCUT2D eigenvalue weighted by Crippen LogP contribution is 2.28. The molecule has 0 heterocycles. The van der Waals surface area contributed by atoms with E-state index in [4.69, 9.17) is 37.4 Å². The van der Waals surface area contributed by atoms with Crippen LogP contribution < -0.4 is 19.5 Å². The first-order valence-electron chi connectivity index (χ1n) is 12.1. The Balaban J connectivity index is 1.94. The number of hydrogen-bond acceptors (Lipinski definition) is 5. The molecule has 1 N–H and O–H groups in total. The third-order valence-corrected chi connectivity index (χ3v) is 6.47. The molecule has 0 bridgehead atoms. The molecule has 38 heavy (non-hydrogen) atoms. The number of ether oxygens (including phenoxy) is 3. The van der Waals surface area contributed by atoms with Gasteiger partial charge in [0, 0.05) is 37.2 Å². The minimum Gasteiger partial charge on any atom is -0.496 e. The molecule has 202 valence electrons. The monoisotopic (exact) mass is 558 g/mol. The van der Waals surface area contributed by atoms with Crippen LogP contribution >= 0.6 is 23.2 Å². The van der Waals surface area contributed by atoms with Gasteiger partial charge in [-0.25, -0.2) is 0 Å². The van der Waals surface area contributed by atoms with Gasteiger partial charge in [-0.05, 0) is 37.1 Å². The number of benzene rings is 3. The quantitative estimate of drug-likeness (QED) is 0.315. The van der Waals surface area contributed by atoms with Gasteiger partial charge in [-0.1, -0.05) is 59.6 Å². The third kappa shape index (κ3) is 8.30. The lowest BCUT2D eigenvalue weighted by molar-refractivity contribution is -0.143. The summed E-state index contributed by atoms with van der Waals surface area (Å²) in [6.07, 6.45) is 0.319. The maximum atomic E-state index is 13.7. The van der Waals surface area contributed by atoms with Crippen molar-refractivity contribution in [1.29, 1.82) is 0 Å². The molecule has 0 spiro atoms. The zero-order chi connectivity index (χ0) is 27.7. The number of methoxy groups -OCH3 is 2. The Morgan fingerprint density at radius 2 is 1.47 bits per heavy atom. The van der Waals surface area contributed by atoms with Gasteiger partial charge in [-0.3, -0.25) is 9.59 Å². The maximum absolute atomic E-state index is 13.7. The number of amides is 2. The molecule has 9 heteroatoms. The molecule has 1 atom stereocenters. The molecule has 0 radical (unpaired) electrons. The van der Waals surface area contributed by atoms with E-state index in [9.17, 15) is 9.59 Å². The summed E-state index contributed by atoms with van der Waals surface area (Å²) in [6.45, 7) is 3.57. The van der Waals surface area contributed by atoms with Crippen molar-refractivity contribution in [2.45, 2.75) is 38.9 Å². The van der Waals surface area contributed by atoms with E-state index in [1.54, 1.807) is 36.4 Å². The summed E-state index contributed by atoms with van der Waals surface area (Å²) in [5.74, 6) is 0.809. The fourth-order valence-corrected chi connectivity index (χ4v) is 4.18. The van der Waals surface area contributed by atoms with Crippen molar-refractivity contribution in [1.82, 2.24) is 10.2 Å². The topological polar surface area (TPSA) is 77.1 Å². The molecule has 3 aromatic rings. The number of carbonyl (C=O) groups excluding carboxylic acids is 2. The molecule has 3 aromatic carbocycles.